The van der Waals surface area contributed by atoms with Gasteiger partial charge >= 0.3 is 0 Å². The number of aldehydes is 1. The molecule has 0 aliphatic heterocycles. The van der Waals surface area contributed by atoms with Crippen molar-refractivity contribution in [3.63, 3.8) is 0 Å². The lowest BCUT2D eigenvalue weighted by Crippen LogP contribution is -2.55. The van der Waals surface area contributed by atoms with Crippen molar-refractivity contribution < 1.29 is 28.8 Å². The highest BCUT2D eigenvalue weighted by Crippen LogP contribution is 2.06. The van der Waals surface area contributed by atoms with Crippen molar-refractivity contribution in [2.45, 2.75) is 64.7 Å². The van der Waals surface area contributed by atoms with E-state index in [0.29, 0.717) is 6.29 Å². The van der Waals surface area contributed by atoms with Gasteiger partial charge in [-0.1, -0.05) is 0 Å². The monoisotopic (exact) mass is 424 g/mol. The van der Waals surface area contributed by atoms with Crippen LogP contribution in [-0.2, 0) is 28.8 Å². The molecule has 10 nitrogen and oxygen atoms in total. The predicted octanol–water partition coefficient (Wildman–Crippen LogP) is -0.876. The molecule has 0 radical (unpaired) electrons. The lowest BCUT2D eigenvalue weighted by atomic mass is 10.1. The summed E-state index contributed by atoms with van der Waals surface area (Å²) in [5, 5.41) is 7.45. The molecular weight excluding hydrogens is 392 g/mol. The van der Waals surface area contributed by atoms with Crippen molar-refractivity contribution in [1.82, 2.24) is 20.9 Å². The number of nitrogens with one attached hydrogen (secondary N) is 3. The van der Waals surface area contributed by atoms with E-state index in [-0.39, 0.29) is 24.4 Å². The summed E-state index contributed by atoms with van der Waals surface area (Å²) in [7, 11) is 3.34. The third-order valence-electron chi connectivity index (χ3n) is 4.17. The smallest absolute Gasteiger partial charge is 0.242 e. The average Bonchev–Trinajstić information content (AvgIpc) is 2.65. The minimum atomic E-state index is -0.924. The van der Waals surface area contributed by atoms with E-state index in [1.807, 2.05) is 0 Å². The van der Waals surface area contributed by atoms with Gasteiger partial charge in [0.05, 0.1) is 12.1 Å². The van der Waals surface area contributed by atoms with Crippen LogP contribution < -0.4 is 16.0 Å². The lowest BCUT2D eigenvalue weighted by Gasteiger charge is -2.25. The number of nitrogens with zero attached hydrogens (tertiary/aromatic N) is 1. The Balaban J connectivity index is 4.78. The molecule has 168 valence electrons. The molecule has 0 saturated heterocycles. The number of hydrogen-bond acceptors (Lipinski definition) is 7. The molecule has 0 aromatic carbocycles. The average molecular weight is 424 g/mol. The Morgan fingerprint density at radius 2 is 1.33 bits per heavy atom. The Labute approximate surface area is 176 Å². The molecule has 0 aliphatic rings. The third kappa shape index (κ3) is 10.6. The van der Waals surface area contributed by atoms with E-state index < -0.39 is 41.9 Å². The van der Waals surface area contributed by atoms with Gasteiger partial charge in [0.25, 0.3) is 0 Å². The maximum absolute atomic E-state index is 12.5. The molecule has 4 atom stereocenters. The van der Waals surface area contributed by atoms with Crippen LogP contribution in [0.1, 0.15) is 40.5 Å². The molecule has 30 heavy (non-hydrogen) atoms. The van der Waals surface area contributed by atoms with E-state index >= 15 is 0 Å². The molecule has 0 aromatic heterocycles. The Kier molecular flexibility index (Phi) is 12.1. The molecule has 10 heteroatoms. The minimum Gasteiger partial charge on any atom is -0.345 e. The summed E-state index contributed by atoms with van der Waals surface area (Å²) in [6, 6.07) is -3.16. The van der Waals surface area contributed by atoms with Crippen molar-refractivity contribution in [2.75, 3.05) is 14.1 Å². The highest BCUT2D eigenvalue weighted by atomic mass is 16.2. The molecule has 0 rings (SSSR count). The molecule has 4 unspecified atom stereocenters. The molecule has 3 N–H and O–H groups in total. The first-order valence-electron chi connectivity index (χ1n) is 9.63. The standard InChI is InChI=1S/C20H32N4O6/c1-12(11-25)21-18(28)14(3)22-19(29)15(4)23-20(30)17(24(5)6)10-9-16(27)8-7-13(2)26/h7-8,11-12,14-15,17H,9-10H2,1-6H3,(H,21,28)(H,22,29)(H,23,30). The number of carbonyl (C=O) groups is 6. The largest absolute Gasteiger partial charge is 0.345 e. The quantitative estimate of drug-likeness (QED) is 0.258. The molecule has 0 fully saturated rings. The zero-order valence-corrected chi connectivity index (χ0v) is 18.4. The summed E-state index contributed by atoms with van der Waals surface area (Å²) in [6.45, 7) is 5.77. The van der Waals surface area contributed by atoms with Gasteiger partial charge in [0, 0.05) is 6.42 Å². The molecule has 3 amide bonds. The van der Waals surface area contributed by atoms with Gasteiger partial charge in [-0.25, -0.2) is 0 Å². The zero-order valence-electron chi connectivity index (χ0n) is 18.4. The number of allylic oxidation sites excluding steroid dienone is 2. The number of hydrogen-bond donors (Lipinski definition) is 3. The number of rotatable bonds is 13. The van der Waals surface area contributed by atoms with E-state index in [1.54, 1.807) is 19.0 Å². The maximum atomic E-state index is 12.5. The van der Waals surface area contributed by atoms with Crippen LogP contribution in [-0.4, -0.2) is 78.7 Å². The minimum absolute atomic E-state index is 0.0622. The van der Waals surface area contributed by atoms with Crippen LogP contribution >= 0.6 is 0 Å². The normalized spacial score (nSPS) is 15.0. The zero-order chi connectivity index (χ0) is 23.4. The number of ketones is 2. The van der Waals surface area contributed by atoms with E-state index in [9.17, 15) is 28.8 Å². The summed E-state index contributed by atoms with van der Waals surface area (Å²) >= 11 is 0. The highest BCUT2D eigenvalue weighted by molar-refractivity contribution is 5.98. The fraction of sp³-hybridized carbons (Fsp3) is 0.600. The summed E-state index contributed by atoms with van der Waals surface area (Å²) in [5.41, 5.74) is 0. The number of likely N-dealkylation sites (N-methyl/N-ethyl adjacent to an activating group) is 1. The van der Waals surface area contributed by atoms with E-state index in [2.05, 4.69) is 16.0 Å². The van der Waals surface area contributed by atoms with Crippen LogP contribution in [0.4, 0.5) is 0 Å². The predicted molar refractivity (Wildman–Crippen MR) is 110 cm³/mol. The first-order chi connectivity index (χ1) is 13.9. The van der Waals surface area contributed by atoms with Crippen LogP contribution in [0.5, 0.6) is 0 Å². The fourth-order valence-corrected chi connectivity index (χ4v) is 2.36. The summed E-state index contributed by atoms with van der Waals surface area (Å²) in [6.07, 6.45) is 3.19. The van der Waals surface area contributed by atoms with Crippen LogP contribution in [0.25, 0.3) is 0 Å². The van der Waals surface area contributed by atoms with Gasteiger partial charge in [0.2, 0.25) is 17.7 Å². The van der Waals surface area contributed by atoms with Crippen LogP contribution in [0.15, 0.2) is 12.2 Å². The Morgan fingerprint density at radius 1 is 0.833 bits per heavy atom. The lowest BCUT2D eigenvalue weighted by molar-refractivity contribution is -0.133. The molecule has 0 heterocycles. The summed E-state index contributed by atoms with van der Waals surface area (Å²) in [4.78, 5) is 71.6. The second-order valence-electron chi connectivity index (χ2n) is 7.32. The first kappa shape index (κ1) is 27.1. The van der Waals surface area contributed by atoms with Gasteiger partial charge in [-0.05, 0) is 60.4 Å². The van der Waals surface area contributed by atoms with Gasteiger partial charge in [-0.15, -0.1) is 0 Å². The summed E-state index contributed by atoms with van der Waals surface area (Å²) in [5.74, 6) is -2.06. The highest BCUT2D eigenvalue weighted by Gasteiger charge is 2.26. The Bertz CT molecular complexity index is 689. The van der Waals surface area contributed by atoms with Crippen molar-refractivity contribution in [2.24, 2.45) is 0 Å². The van der Waals surface area contributed by atoms with E-state index in [4.69, 9.17) is 0 Å². The van der Waals surface area contributed by atoms with Crippen LogP contribution in [0.2, 0.25) is 0 Å². The van der Waals surface area contributed by atoms with Crippen LogP contribution in [0.3, 0.4) is 0 Å². The van der Waals surface area contributed by atoms with Gasteiger partial charge in [-0.2, -0.15) is 0 Å². The molecule has 0 saturated carbocycles. The number of carbonyl (C=O) groups excluding carboxylic acids is 6. The van der Waals surface area contributed by atoms with E-state index in [0.717, 1.165) is 0 Å². The second kappa shape index (κ2) is 13.4. The van der Waals surface area contributed by atoms with Gasteiger partial charge < -0.3 is 20.7 Å². The summed E-state index contributed by atoms with van der Waals surface area (Å²) < 4.78 is 0. The molecule has 0 aromatic rings. The van der Waals surface area contributed by atoms with Crippen molar-refractivity contribution in [3.05, 3.63) is 12.2 Å². The third-order valence-corrected chi connectivity index (χ3v) is 4.17. The van der Waals surface area contributed by atoms with Gasteiger partial charge in [0.15, 0.2) is 11.6 Å². The van der Waals surface area contributed by atoms with Gasteiger partial charge in [0.1, 0.15) is 18.4 Å². The van der Waals surface area contributed by atoms with Crippen LogP contribution in [0, 0.1) is 0 Å². The van der Waals surface area contributed by atoms with Crippen molar-refractivity contribution in [3.8, 4) is 0 Å². The fourth-order valence-electron chi connectivity index (χ4n) is 2.36. The first-order valence-corrected chi connectivity index (χ1v) is 9.63. The van der Waals surface area contributed by atoms with Crippen molar-refractivity contribution >= 4 is 35.6 Å². The Morgan fingerprint density at radius 3 is 1.80 bits per heavy atom. The maximum Gasteiger partial charge on any atom is 0.242 e. The Hall–Kier alpha value is -2.88. The second-order valence-corrected chi connectivity index (χ2v) is 7.32. The SMILES string of the molecule is CC(=O)C=CC(=O)CCC(C(=O)NC(C)C(=O)NC(C)C(=O)NC(C)C=O)N(C)C. The van der Waals surface area contributed by atoms with Gasteiger partial charge in [-0.3, -0.25) is 28.9 Å². The van der Waals surface area contributed by atoms with Crippen molar-refractivity contribution in [1.29, 1.82) is 0 Å². The number of amides is 3. The topological polar surface area (TPSA) is 142 Å². The molecule has 0 bridgehead atoms. The van der Waals surface area contributed by atoms with E-state index in [1.165, 1.54) is 39.8 Å². The molecule has 0 spiro atoms. The molecule has 0 aliphatic carbocycles. The molecular formula is C20H32N4O6.